The summed E-state index contributed by atoms with van der Waals surface area (Å²) >= 11 is 0. The van der Waals surface area contributed by atoms with Crippen LogP contribution in [0.1, 0.15) is 5.56 Å². The maximum Gasteiger partial charge on any atom is 0.147 e. The van der Waals surface area contributed by atoms with Crippen LogP contribution in [0.25, 0.3) is 0 Å². The second-order valence-electron chi connectivity index (χ2n) is 3.46. The lowest BCUT2D eigenvalue weighted by Gasteiger charge is -2.36. The molecule has 0 radical (unpaired) electrons. The summed E-state index contributed by atoms with van der Waals surface area (Å²) in [6.07, 6.45) is 2.98. The highest BCUT2D eigenvalue weighted by Gasteiger charge is 2.23. The molecule has 1 fully saturated rings. The van der Waals surface area contributed by atoms with E-state index in [1.165, 1.54) is 12.5 Å². The molecule has 1 N–H and O–H groups in total. The van der Waals surface area contributed by atoms with Gasteiger partial charge in [-0.05, 0) is 7.05 Å². The summed E-state index contributed by atoms with van der Waals surface area (Å²) in [5, 5.41) is 12.0. The van der Waals surface area contributed by atoms with E-state index in [4.69, 9.17) is 5.26 Å². The van der Waals surface area contributed by atoms with E-state index in [1.54, 1.807) is 0 Å². The van der Waals surface area contributed by atoms with Crippen LogP contribution in [-0.4, -0.2) is 41.0 Å². The number of hydrogen-bond donors (Lipinski definition) is 1. The number of nitrogens with one attached hydrogen (secondary N) is 1. The number of nitrogens with zero attached hydrogens (tertiary/aromatic N) is 4. The van der Waals surface area contributed by atoms with Crippen LogP contribution >= 0.6 is 0 Å². The predicted octanol–water partition coefficient (Wildman–Crippen LogP) is 0.0742. The molecule has 1 aliphatic rings. The Bertz CT molecular complexity index is 364. The van der Waals surface area contributed by atoms with Gasteiger partial charge in [0, 0.05) is 13.1 Å². The summed E-state index contributed by atoms with van der Waals surface area (Å²) in [6.45, 7) is 1.99. The Morgan fingerprint density at radius 3 is 3.07 bits per heavy atom. The summed E-state index contributed by atoms with van der Waals surface area (Å²) in [6, 6.07) is 2.46. The van der Waals surface area contributed by atoms with Gasteiger partial charge in [0.1, 0.15) is 23.8 Å². The molecule has 2 heterocycles. The first-order valence-corrected chi connectivity index (χ1v) is 4.45. The van der Waals surface area contributed by atoms with Crippen molar-refractivity contribution >= 4 is 5.82 Å². The SMILES string of the molecule is CN1CC(Nc2ncncc2C#N)C1. The minimum absolute atomic E-state index is 0.405. The molecular weight excluding hydrogens is 178 g/mol. The number of rotatable bonds is 2. The van der Waals surface area contributed by atoms with E-state index >= 15 is 0 Å². The third-order valence-electron chi connectivity index (χ3n) is 2.24. The third-order valence-corrected chi connectivity index (χ3v) is 2.24. The van der Waals surface area contributed by atoms with Gasteiger partial charge in [0.2, 0.25) is 0 Å². The molecule has 0 aromatic carbocycles. The van der Waals surface area contributed by atoms with E-state index in [0.29, 0.717) is 17.4 Å². The maximum atomic E-state index is 8.79. The van der Waals surface area contributed by atoms with Crippen LogP contribution in [0.5, 0.6) is 0 Å². The summed E-state index contributed by atoms with van der Waals surface area (Å²) in [5.41, 5.74) is 0.502. The van der Waals surface area contributed by atoms with Crippen molar-refractivity contribution in [3.8, 4) is 6.07 Å². The molecule has 0 bridgehead atoms. The summed E-state index contributed by atoms with van der Waals surface area (Å²) < 4.78 is 0. The van der Waals surface area contributed by atoms with Gasteiger partial charge in [-0.3, -0.25) is 0 Å². The number of hydrogen-bond acceptors (Lipinski definition) is 5. The van der Waals surface area contributed by atoms with Crippen molar-refractivity contribution in [1.82, 2.24) is 14.9 Å². The zero-order valence-electron chi connectivity index (χ0n) is 7.94. The molecule has 1 aliphatic heterocycles. The Morgan fingerprint density at radius 1 is 1.64 bits per heavy atom. The summed E-state index contributed by atoms with van der Waals surface area (Å²) in [5.74, 6) is 0.639. The summed E-state index contributed by atoms with van der Waals surface area (Å²) in [7, 11) is 2.06. The van der Waals surface area contributed by atoms with E-state index < -0.39 is 0 Å². The van der Waals surface area contributed by atoms with Crippen molar-refractivity contribution in [2.24, 2.45) is 0 Å². The van der Waals surface area contributed by atoms with Crippen LogP contribution in [0.2, 0.25) is 0 Å². The Balaban J connectivity index is 2.06. The molecule has 1 aromatic rings. The van der Waals surface area contributed by atoms with Gasteiger partial charge in [0.15, 0.2) is 0 Å². The highest BCUT2D eigenvalue weighted by atomic mass is 15.2. The van der Waals surface area contributed by atoms with Gasteiger partial charge in [-0.25, -0.2) is 9.97 Å². The topological polar surface area (TPSA) is 64.8 Å². The van der Waals surface area contributed by atoms with Crippen LogP contribution < -0.4 is 5.32 Å². The van der Waals surface area contributed by atoms with E-state index in [2.05, 4.69) is 33.3 Å². The van der Waals surface area contributed by atoms with Gasteiger partial charge in [-0.15, -0.1) is 0 Å². The molecule has 0 aliphatic carbocycles. The summed E-state index contributed by atoms with van der Waals surface area (Å²) in [4.78, 5) is 10.0. The maximum absolute atomic E-state index is 8.79. The average Bonchev–Trinajstić information content (AvgIpc) is 2.16. The fraction of sp³-hybridized carbons (Fsp3) is 0.444. The molecule has 0 unspecified atom stereocenters. The molecule has 0 amide bonds. The second kappa shape index (κ2) is 3.60. The second-order valence-corrected chi connectivity index (χ2v) is 3.46. The van der Waals surface area contributed by atoms with E-state index in [0.717, 1.165) is 13.1 Å². The molecule has 1 saturated heterocycles. The first-order valence-electron chi connectivity index (χ1n) is 4.45. The van der Waals surface area contributed by atoms with Gasteiger partial charge in [-0.2, -0.15) is 5.26 Å². The normalized spacial score (nSPS) is 17.1. The molecule has 0 spiro atoms. The van der Waals surface area contributed by atoms with Crippen LogP contribution in [0.4, 0.5) is 5.82 Å². The molecule has 0 saturated carbocycles. The van der Waals surface area contributed by atoms with Gasteiger partial charge < -0.3 is 10.2 Å². The third kappa shape index (κ3) is 1.65. The zero-order valence-corrected chi connectivity index (χ0v) is 7.94. The lowest BCUT2D eigenvalue weighted by molar-refractivity contribution is 0.205. The first-order chi connectivity index (χ1) is 6.79. The Hall–Kier alpha value is -1.67. The smallest absolute Gasteiger partial charge is 0.147 e. The van der Waals surface area contributed by atoms with Gasteiger partial charge >= 0.3 is 0 Å². The van der Waals surface area contributed by atoms with Crippen molar-refractivity contribution in [3.63, 3.8) is 0 Å². The highest BCUT2D eigenvalue weighted by Crippen LogP contribution is 2.14. The molecule has 72 valence electrons. The van der Waals surface area contributed by atoms with Crippen LogP contribution in [0.3, 0.4) is 0 Å². The molecule has 1 aromatic heterocycles. The number of aromatic nitrogens is 2. The minimum atomic E-state index is 0.405. The Kier molecular flexibility index (Phi) is 2.29. The molecule has 2 rings (SSSR count). The van der Waals surface area contributed by atoms with Crippen molar-refractivity contribution in [3.05, 3.63) is 18.1 Å². The fourth-order valence-electron chi connectivity index (χ4n) is 1.51. The number of anilines is 1. The van der Waals surface area contributed by atoms with Crippen molar-refractivity contribution < 1.29 is 0 Å². The number of likely N-dealkylation sites (tertiary alicyclic amines) is 1. The monoisotopic (exact) mass is 189 g/mol. The van der Waals surface area contributed by atoms with E-state index in [-0.39, 0.29) is 0 Å². The lowest BCUT2D eigenvalue weighted by Crippen LogP contribution is -2.52. The quantitative estimate of drug-likeness (QED) is 0.713. The van der Waals surface area contributed by atoms with Crippen molar-refractivity contribution in [1.29, 1.82) is 5.26 Å². The van der Waals surface area contributed by atoms with Gasteiger partial charge in [0.25, 0.3) is 0 Å². The van der Waals surface area contributed by atoms with E-state index in [9.17, 15) is 0 Å². The van der Waals surface area contributed by atoms with Crippen molar-refractivity contribution in [2.75, 3.05) is 25.5 Å². The highest BCUT2D eigenvalue weighted by molar-refractivity contribution is 5.50. The number of nitriles is 1. The Labute approximate surface area is 82.4 Å². The van der Waals surface area contributed by atoms with Gasteiger partial charge in [0.05, 0.1) is 12.2 Å². The molecule has 5 heteroatoms. The lowest BCUT2D eigenvalue weighted by atomic mass is 10.1. The largest absolute Gasteiger partial charge is 0.364 e. The average molecular weight is 189 g/mol. The molecule has 5 nitrogen and oxygen atoms in total. The Morgan fingerprint density at radius 2 is 2.43 bits per heavy atom. The molecule has 0 atom stereocenters. The first kappa shape index (κ1) is 8.91. The van der Waals surface area contributed by atoms with Crippen molar-refractivity contribution in [2.45, 2.75) is 6.04 Å². The van der Waals surface area contributed by atoms with Gasteiger partial charge in [-0.1, -0.05) is 0 Å². The van der Waals surface area contributed by atoms with Crippen LogP contribution in [0.15, 0.2) is 12.5 Å². The number of likely N-dealkylation sites (N-methyl/N-ethyl adjacent to an activating group) is 1. The fourth-order valence-corrected chi connectivity index (χ4v) is 1.51. The molecule has 14 heavy (non-hydrogen) atoms. The predicted molar refractivity (Wildman–Crippen MR) is 51.7 cm³/mol. The zero-order chi connectivity index (χ0) is 9.97. The van der Waals surface area contributed by atoms with E-state index in [1.807, 2.05) is 0 Å². The van der Waals surface area contributed by atoms with Crippen LogP contribution in [-0.2, 0) is 0 Å². The van der Waals surface area contributed by atoms with Crippen LogP contribution in [0, 0.1) is 11.3 Å². The molecular formula is C9H11N5. The minimum Gasteiger partial charge on any atom is -0.364 e. The standard InChI is InChI=1S/C9H11N5/c1-14-4-8(5-14)13-9-7(2-10)3-11-6-12-9/h3,6,8H,4-5H2,1H3,(H,11,12,13).